The summed E-state index contributed by atoms with van der Waals surface area (Å²) in [6, 6.07) is -0.240. The van der Waals surface area contributed by atoms with Gasteiger partial charge in [-0.2, -0.15) is 12.7 Å². The van der Waals surface area contributed by atoms with E-state index in [0.717, 1.165) is 52.1 Å². The van der Waals surface area contributed by atoms with Gasteiger partial charge in [0.25, 0.3) is 0 Å². The molecule has 2 fully saturated rings. The van der Waals surface area contributed by atoms with E-state index in [2.05, 4.69) is 4.74 Å². The standard InChI is InChI=1S/C13H24N2O5S/c1-20-13(17)14-21(18,19)15-9-5-4-7-11(15)10-6-2-3-8-12(10)16/h10-12,16H,2-9H2,1H3,(H,14,17). The van der Waals surface area contributed by atoms with Crippen molar-refractivity contribution in [3.63, 3.8) is 0 Å². The summed E-state index contributed by atoms with van der Waals surface area (Å²) in [6.45, 7) is 0.375. The Hall–Kier alpha value is -0.860. The van der Waals surface area contributed by atoms with Crippen molar-refractivity contribution < 1.29 is 23.1 Å². The van der Waals surface area contributed by atoms with Crippen molar-refractivity contribution in [2.75, 3.05) is 13.7 Å². The van der Waals surface area contributed by atoms with Gasteiger partial charge in [-0.05, 0) is 25.7 Å². The molecule has 0 spiro atoms. The summed E-state index contributed by atoms with van der Waals surface area (Å²) >= 11 is 0. The van der Waals surface area contributed by atoms with E-state index < -0.39 is 22.4 Å². The molecule has 0 bridgehead atoms. The van der Waals surface area contributed by atoms with Gasteiger partial charge in [-0.25, -0.2) is 9.52 Å². The number of hydrogen-bond acceptors (Lipinski definition) is 5. The Morgan fingerprint density at radius 1 is 1.19 bits per heavy atom. The van der Waals surface area contributed by atoms with Crippen LogP contribution < -0.4 is 4.72 Å². The Bertz CT molecular complexity index is 467. The molecule has 0 aromatic heterocycles. The summed E-state index contributed by atoms with van der Waals surface area (Å²) in [5, 5.41) is 10.2. The highest BCUT2D eigenvalue weighted by atomic mass is 32.2. The Morgan fingerprint density at radius 3 is 2.52 bits per heavy atom. The molecule has 2 aliphatic rings. The van der Waals surface area contributed by atoms with E-state index in [0.29, 0.717) is 6.54 Å². The van der Waals surface area contributed by atoms with Crippen LogP contribution in [0.25, 0.3) is 0 Å². The van der Waals surface area contributed by atoms with Gasteiger partial charge in [-0.1, -0.05) is 19.3 Å². The zero-order chi connectivity index (χ0) is 15.5. The Balaban J connectivity index is 2.16. The second-order valence-corrected chi connectivity index (χ2v) is 7.41. The summed E-state index contributed by atoms with van der Waals surface area (Å²) in [6.07, 6.45) is 4.54. The lowest BCUT2D eigenvalue weighted by molar-refractivity contribution is 0.0201. The Labute approximate surface area is 125 Å². The van der Waals surface area contributed by atoms with Crippen LogP contribution in [0.1, 0.15) is 44.9 Å². The van der Waals surface area contributed by atoms with Crippen LogP contribution in [-0.4, -0.2) is 49.7 Å². The molecule has 0 aromatic carbocycles. The topological polar surface area (TPSA) is 95.9 Å². The van der Waals surface area contributed by atoms with Crippen LogP contribution in [0.15, 0.2) is 0 Å². The molecule has 2 rings (SSSR count). The summed E-state index contributed by atoms with van der Waals surface area (Å²) in [5.74, 6) is -0.0479. The largest absolute Gasteiger partial charge is 0.452 e. The molecule has 3 atom stereocenters. The highest BCUT2D eigenvalue weighted by molar-refractivity contribution is 7.87. The number of aliphatic hydroxyl groups is 1. The zero-order valence-electron chi connectivity index (χ0n) is 12.3. The molecule has 122 valence electrons. The van der Waals surface area contributed by atoms with Gasteiger partial charge < -0.3 is 9.84 Å². The Morgan fingerprint density at radius 2 is 1.86 bits per heavy atom. The zero-order valence-corrected chi connectivity index (χ0v) is 13.1. The van der Waals surface area contributed by atoms with Crippen molar-refractivity contribution in [2.24, 2.45) is 5.92 Å². The molecular weight excluding hydrogens is 296 g/mol. The van der Waals surface area contributed by atoms with E-state index in [1.165, 1.54) is 4.31 Å². The summed E-state index contributed by atoms with van der Waals surface area (Å²) in [4.78, 5) is 11.2. The highest BCUT2D eigenvalue weighted by Crippen LogP contribution is 2.35. The molecule has 1 aliphatic carbocycles. The molecule has 8 heteroatoms. The summed E-state index contributed by atoms with van der Waals surface area (Å²) in [7, 11) is -2.79. The lowest BCUT2D eigenvalue weighted by Crippen LogP contribution is -2.55. The molecule has 1 saturated carbocycles. The average Bonchev–Trinajstić information content (AvgIpc) is 2.47. The maximum atomic E-state index is 12.3. The van der Waals surface area contributed by atoms with Crippen LogP contribution in [-0.2, 0) is 14.9 Å². The maximum absolute atomic E-state index is 12.3. The van der Waals surface area contributed by atoms with E-state index in [-0.39, 0.29) is 12.0 Å². The van der Waals surface area contributed by atoms with E-state index in [9.17, 15) is 18.3 Å². The highest BCUT2D eigenvalue weighted by Gasteiger charge is 2.41. The third kappa shape index (κ3) is 3.87. The number of hydrogen-bond donors (Lipinski definition) is 2. The van der Waals surface area contributed by atoms with Gasteiger partial charge in [-0.3, -0.25) is 0 Å². The minimum atomic E-state index is -3.92. The van der Waals surface area contributed by atoms with Crippen LogP contribution >= 0.6 is 0 Å². The number of rotatable bonds is 3. The van der Waals surface area contributed by atoms with Gasteiger partial charge >= 0.3 is 16.3 Å². The number of nitrogens with zero attached hydrogens (tertiary/aromatic N) is 1. The molecule has 1 heterocycles. The number of amides is 1. The first kappa shape index (κ1) is 16.5. The maximum Gasteiger partial charge on any atom is 0.421 e. The molecule has 21 heavy (non-hydrogen) atoms. The lowest BCUT2D eigenvalue weighted by Gasteiger charge is -2.42. The van der Waals surface area contributed by atoms with Crippen molar-refractivity contribution in [2.45, 2.75) is 57.1 Å². The van der Waals surface area contributed by atoms with E-state index in [1.807, 2.05) is 4.72 Å². The quantitative estimate of drug-likeness (QED) is 0.808. The van der Waals surface area contributed by atoms with Gasteiger partial charge in [0.05, 0.1) is 13.2 Å². The number of ether oxygens (including phenoxy) is 1. The molecule has 0 aromatic rings. The van der Waals surface area contributed by atoms with E-state index >= 15 is 0 Å². The fraction of sp³-hybridized carbons (Fsp3) is 0.923. The third-order valence-electron chi connectivity index (χ3n) is 4.48. The lowest BCUT2D eigenvalue weighted by atomic mass is 9.79. The van der Waals surface area contributed by atoms with Gasteiger partial charge in [0.2, 0.25) is 0 Å². The minimum absolute atomic E-state index is 0.0479. The van der Waals surface area contributed by atoms with Gasteiger partial charge in [0.1, 0.15) is 0 Å². The number of methoxy groups -OCH3 is 1. The average molecular weight is 320 g/mol. The van der Waals surface area contributed by atoms with Gasteiger partial charge in [0, 0.05) is 18.5 Å². The fourth-order valence-electron chi connectivity index (χ4n) is 3.45. The first-order valence-corrected chi connectivity index (χ1v) is 8.95. The monoisotopic (exact) mass is 320 g/mol. The van der Waals surface area contributed by atoms with Crippen molar-refractivity contribution in [3.8, 4) is 0 Å². The molecule has 1 amide bonds. The second-order valence-electron chi connectivity index (χ2n) is 5.79. The van der Waals surface area contributed by atoms with Crippen LogP contribution in [0.2, 0.25) is 0 Å². The molecule has 0 radical (unpaired) electrons. The van der Waals surface area contributed by atoms with Crippen LogP contribution in [0, 0.1) is 5.92 Å². The fourth-order valence-corrected chi connectivity index (χ4v) is 4.85. The predicted octanol–water partition coefficient (Wildman–Crippen LogP) is 0.993. The second kappa shape index (κ2) is 6.93. The van der Waals surface area contributed by atoms with Crippen LogP contribution in [0.4, 0.5) is 4.79 Å². The molecule has 7 nitrogen and oxygen atoms in total. The summed E-state index contributed by atoms with van der Waals surface area (Å²) < 4.78 is 32.3. The normalized spacial score (nSPS) is 31.6. The molecule has 1 saturated heterocycles. The van der Waals surface area contributed by atoms with Crippen LogP contribution in [0.3, 0.4) is 0 Å². The van der Waals surface area contributed by atoms with Crippen molar-refractivity contribution in [3.05, 3.63) is 0 Å². The minimum Gasteiger partial charge on any atom is -0.452 e. The Kier molecular flexibility index (Phi) is 5.45. The van der Waals surface area contributed by atoms with Gasteiger partial charge in [-0.15, -0.1) is 0 Å². The van der Waals surface area contributed by atoms with Crippen molar-refractivity contribution in [1.82, 2.24) is 9.03 Å². The number of carbonyl (C=O) groups is 1. The molecule has 1 aliphatic heterocycles. The number of aliphatic hydroxyl groups excluding tert-OH is 1. The van der Waals surface area contributed by atoms with Crippen LogP contribution in [0.5, 0.6) is 0 Å². The smallest absolute Gasteiger partial charge is 0.421 e. The summed E-state index contributed by atoms with van der Waals surface area (Å²) in [5.41, 5.74) is 0. The number of carbonyl (C=O) groups excluding carboxylic acids is 1. The predicted molar refractivity (Wildman–Crippen MR) is 76.8 cm³/mol. The number of piperidine rings is 1. The third-order valence-corrected chi connectivity index (χ3v) is 5.98. The van der Waals surface area contributed by atoms with Crippen molar-refractivity contribution in [1.29, 1.82) is 0 Å². The SMILES string of the molecule is COC(=O)NS(=O)(=O)N1CCCCC1C1CCCCC1O. The van der Waals surface area contributed by atoms with E-state index in [1.54, 1.807) is 0 Å². The first-order valence-electron chi connectivity index (χ1n) is 7.51. The van der Waals surface area contributed by atoms with Crippen molar-refractivity contribution >= 4 is 16.3 Å². The number of nitrogens with one attached hydrogen (secondary N) is 1. The molecular formula is C13H24N2O5S. The van der Waals surface area contributed by atoms with E-state index in [4.69, 9.17) is 0 Å². The molecule has 2 N–H and O–H groups in total. The van der Waals surface area contributed by atoms with Gasteiger partial charge in [0.15, 0.2) is 0 Å². The first-order chi connectivity index (χ1) is 9.95. The molecule has 3 unspecified atom stereocenters.